The van der Waals surface area contributed by atoms with E-state index in [1.54, 1.807) is 10.9 Å². The van der Waals surface area contributed by atoms with Gasteiger partial charge >= 0.3 is 0 Å². The normalized spacial score (nSPS) is 10.9. The van der Waals surface area contributed by atoms with Gasteiger partial charge in [0.05, 0.1) is 11.4 Å². The van der Waals surface area contributed by atoms with Crippen LogP contribution in [0.1, 0.15) is 5.69 Å². The maximum absolute atomic E-state index is 5.71. The molecule has 0 bridgehead atoms. The number of anilines is 1. The van der Waals surface area contributed by atoms with Gasteiger partial charge in [-0.2, -0.15) is 0 Å². The average molecular weight is 225 g/mol. The minimum absolute atomic E-state index is 0.450. The first-order valence-corrected chi connectivity index (χ1v) is 5.28. The molecule has 1 aromatic carbocycles. The van der Waals surface area contributed by atoms with Gasteiger partial charge in [-0.1, -0.05) is 17.3 Å². The van der Waals surface area contributed by atoms with Crippen LogP contribution in [-0.2, 0) is 0 Å². The zero-order valence-electron chi connectivity index (χ0n) is 9.33. The molecule has 3 rings (SSSR count). The number of nitrogens with two attached hydrogens (primary N) is 1. The summed E-state index contributed by atoms with van der Waals surface area (Å²) in [6.45, 7) is 1.89. The van der Waals surface area contributed by atoms with Gasteiger partial charge < -0.3 is 5.73 Å². The summed E-state index contributed by atoms with van der Waals surface area (Å²) in [5.74, 6) is 0.450. The van der Waals surface area contributed by atoms with Crippen molar-refractivity contribution >= 4 is 16.6 Å². The molecule has 0 aliphatic rings. The molecule has 0 saturated carbocycles. The minimum atomic E-state index is 0.450. The van der Waals surface area contributed by atoms with Gasteiger partial charge in [0.25, 0.3) is 0 Å². The maximum Gasteiger partial charge on any atom is 0.169 e. The van der Waals surface area contributed by atoms with Crippen LogP contribution in [0.2, 0.25) is 0 Å². The molecule has 5 nitrogen and oxygen atoms in total. The smallest absolute Gasteiger partial charge is 0.169 e. The van der Waals surface area contributed by atoms with Crippen LogP contribution in [0, 0.1) is 6.92 Å². The fraction of sp³-hybridized carbons (Fsp3) is 0.0833. The van der Waals surface area contributed by atoms with Gasteiger partial charge in [-0.3, -0.25) is 4.98 Å². The van der Waals surface area contributed by atoms with Crippen molar-refractivity contribution in [2.45, 2.75) is 6.92 Å². The summed E-state index contributed by atoms with van der Waals surface area (Å²) in [6.07, 6.45) is 3.59. The van der Waals surface area contributed by atoms with E-state index in [0.717, 1.165) is 22.2 Å². The molecule has 17 heavy (non-hydrogen) atoms. The lowest BCUT2D eigenvalue weighted by Crippen LogP contribution is -2.00. The third-order valence-electron chi connectivity index (χ3n) is 2.82. The Morgan fingerprint density at radius 2 is 2.12 bits per heavy atom. The van der Waals surface area contributed by atoms with Crippen molar-refractivity contribution in [3.8, 4) is 5.69 Å². The summed E-state index contributed by atoms with van der Waals surface area (Å²) < 4.78 is 1.74. The molecule has 0 spiro atoms. The number of hydrogen-bond donors (Lipinski definition) is 1. The van der Waals surface area contributed by atoms with Gasteiger partial charge in [0, 0.05) is 17.8 Å². The van der Waals surface area contributed by atoms with Crippen LogP contribution in [0.4, 0.5) is 5.82 Å². The number of rotatable bonds is 1. The summed E-state index contributed by atoms with van der Waals surface area (Å²) in [6, 6.07) is 7.96. The maximum atomic E-state index is 5.71. The number of benzene rings is 1. The quantitative estimate of drug-likeness (QED) is 0.684. The summed E-state index contributed by atoms with van der Waals surface area (Å²) >= 11 is 0. The first-order chi connectivity index (χ1) is 8.27. The Morgan fingerprint density at radius 1 is 1.24 bits per heavy atom. The molecule has 0 atom stereocenters. The topological polar surface area (TPSA) is 69.6 Å². The van der Waals surface area contributed by atoms with Gasteiger partial charge in [-0.25, -0.2) is 4.68 Å². The van der Waals surface area contributed by atoms with Crippen molar-refractivity contribution in [1.82, 2.24) is 20.0 Å². The molecule has 0 aliphatic heterocycles. The molecule has 2 heterocycles. The van der Waals surface area contributed by atoms with Crippen LogP contribution < -0.4 is 5.73 Å². The van der Waals surface area contributed by atoms with Crippen molar-refractivity contribution in [1.29, 1.82) is 0 Å². The van der Waals surface area contributed by atoms with Gasteiger partial charge in [-0.15, -0.1) is 5.10 Å². The minimum Gasteiger partial charge on any atom is -0.381 e. The van der Waals surface area contributed by atoms with E-state index in [2.05, 4.69) is 15.3 Å². The Kier molecular flexibility index (Phi) is 2.04. The Labute approximate surface area is 97.9 Å². The van der Waals surface area contributed by atoms with E-state index in [4.69, 9.17) is 5.73 Å². The number of fused-ring (bicyclic) bond motifs is 1. The Hall–Kier alpha value is -2.43. The van der Waals surface area contributed by atoms with Gasteiger partial charge in [-0.05, 0) is 24.4 Å². The number of pyridine rings is 1. The lowest BCUT2D eigenvalue weighted by molar-refractivity contribution is 0.790. The number of hydrogen-bond acceptors (Lipinski definition) is 4. The van der Waals surface area contributed by atoms with E-state index < -0.39 is 0 Å². The molecular weight excluding hydrogens is 214 g/mol. The standard InChI is InChI=1S/C12H11N5/c1-8-12(13)15-16-17(8)11-4-2-3-9-5-6-14-7-10(9)11/h2-7H,13H2,1H3. The summed E-state index contributed by atoms with van der Waals surface area (Å²) in [5, 5.41) is 10.1. The molecule has 0 aliphatic carbocycles. The highest BCUT2D eigenvalue weighted by Gasteiger charge is 2.09. The van der Waals surface area contributed by atoms with Crippen LogP contribution in [0.15, 0.2) is 36.7 Å². The van der Waals surface area contributed by atoms with E-state index in [9.17, 15) is 0 Å². The van der Waals surface area contributed by atoms with Crippen LogP contribution in [-0.4, -0.2) is 20.0 Å². The Bertz CT molecular complexity index is 681. The molecule has 2 aromatic heterocycles. The van der Waals surface area contributed by atoms with Crippen LogP contribution in [0.25, 0.3) is 16.5 Å². The SMILES string of the molecule is Cc1c(N)nnn1-c1cccc2ccncc12. The molecule has 84 valence electrons. The third-order valence-corrected chi connectivity index (χ3v) is 2.82. The molecular formula is C12H11N5. The number of aromatic nitrogens is 4. The van der Waals surface area contributed by atoms with Crippen LogP contribution >= 0.6 is 0 Å². The fourth-order valence-corrected chi connectivity index (χ4v) is 1.85. The van der Waals surface area contributed by atoms with E-state index in [-0.39, 0.29) is 0 Å². The molecule has 0 amide bonds. The third kappa shape index (κ3) is 1.44. The van der Waals surface area contributed by atoms with E-state index in [1.165, 1.54) is 0 Å². The second kappa shape index (κ2) is 3.55. The monoisotopic (exact) mass is 225 g/mol. The van der Waals surface area contributed by atoms with Gasteiger partial charge in [0.15, 0.2) is 5.82 Å². The highest BCUT2D eigenvalue weighted by atomic mass is 15.4. The molecule has 5 heteroatoms. The summed E-state index contributed by atoms with van der Waals surface area (Å²) in [7, 11) is 0. The molecule has 0 fully saturated rings. The second-order valence-corrected chi connectivity index (χ2v) is 3.85. The highest BCUT2D eigenvalue weighted by molar-refractivity contribution is 5.89. The van der Waals surface area contributed by atoms with Gasteiger partial charge in [0.1, 0.15) is 0 Å². The van der Waals surface area contributed by atoms with Crippen LogP contribution in [0.3, 0.4) is 0 Å². The molecule has 0 radical (unpaired) electrons. The van der Waals surface area contributed by atoms with Crippen molar-refractivity contribution in [3.63, 3.8) is 0 Å². The molecule has 3 aromatic rings. The Morgan fingerprint density at radius 3 is 2.88 bits per heavy atom. The second-order valence-electron chi connectivity index (χ2n) is 3.85. The summed E-state index contributed by atoms with van der Waals surface area (Å²) in [5.41, 5.74) is 7.49. The van der Waals surface area contributed by atoms with Crippen molar-refractivity contribution in [2.24, 2.45) is 0 Å². The van der Waals surface area contributed by atoms with Crippen molar-refractivity contribution in [3.05, 3.63) is 42.4 Å². The van der Waals surface area contributed by atoms with E-state index in [1.807, 2.05) is 37.4 Å². The summed E-state index contributed by atoms with van der Waals surface area (Å²) in [4.78, 5) is 4.14. The Balaban J connectivity index is 2.34. The lowest BCUT2D eigenvalue weighted by atomic mass is 10.1. The van der Waals surface area contributed by atoms with Crippen LogP contribution in [0.5, 0.6) is 0 Å². The van der Waals surface area contributed by atoms with Crippen molar-refractivity contribution in [2.75, 3.05) is 5.73 Å². The zero-order valence-corrected chi connectivity index (χ0v) is 9.33. The first kappa shape index (κ1) is 9.77. The predicted octanol–water partition coefficient (Wildman–Crippen LogP) is 1.71. The van der Waals surface area contributed by atoms with Gasteiger partial charge in [0.2, 0.25) is 0 Å². The van der Waals surface area contributed by atoms with Crippen molar-refractivity contribution < 1.29 is 0 Å². The zero-order chi connectivity index (χ0) is 11.8. The average Bonchev–Trinajstić information content (AvgIpc) is 2.69. The number of nitrogens with zero attached hydrogens (tertiary/aromatic N) is 4. The van der Waals surface area contributed by atoms with E-state index >= 15 is 0 Å². The first-order valence-electron chi connectivity index (χ1n) is 5.28. The highest BCUT2D eigenvalue weighted by Crippen LogP contribution is 2.22. The largest absolute Gasteiger partial charge is 0.381 e. The molecule has 0 unspecified atom stereocenters. The lowest BCUT2D eigenvalue weighted by Gasteiger charge is -2.06. The molecule has 0 saturated heterocycles. The predicted molar refractivity (Wildman–Crippen MR) is 65.8 cm³/mol. The fourth-order valence-electron chi connectivity index (χ4n) is 1.85. The molecule has 2 N–H and O–H groups in total. The van der Waals surface area contributed by atoms with E-state index in [0.29, 0.717) is 5.82 Å². The number of nitrogen functional groups attached to an aromatic ring is 1.